The van der Waals surface area contributed by atoms with Crippen LogP contribution in [0.2, 0.25) is 0 Å². The topological polar surface area (TPSA) is 118 Å². The van der Waals surface area contributed by atoms with Gasteiger partial charge in [0.05, 0.1) is 24.8 Å². The van der Waals surface area contributed by atoms with Gasteiger partial charge in [-0.2, -0.15) is 9.40 Å². The Bertz CT molecular complexity index is 1110. The Morgan fingerprint density at radius 2 is 2.00 bits per heavy atom. The predicted octanol–water partition coefficient (Wildman–Crippen LogP) is 2.51. The third-order valence-corrected chi connectivity index (χ3v) is 7.34. The molecule has 1 aliphatic heterocycles. The van der Waals surface area contributed by atoms with Gasteiger partial charge in [-0.25, -0.2) is 8.42 Å². The molecule has 2 aromatic heterocycles. The largest absolute Gasteiger partial charge is 0.497 e. The average molecular weight is 445 g/mol. The van der Waals surface area contributed by atoms with Crippen LogP contribution in [0.25, 0.3) is 0 Å². The van der Waals surface area contributed by atoms with E-state index in [0.717, 1.165) is 5.69 Å². The second-order valence-corrected chi connectivity index (χ2v) is 9.26. The van der Waals surface area contributed by atoms with Gasteiger partial charge in [0.1, 0.15) is 17.2 Å². The molecule has 164 valence electrons. The SMILES string of the molecule is COc1ccc(S(=O)(=O)N2CCC(c3cc(C(=O)NCc4ccco4)n[nH]3)CC2)cc1. The lowest BCUT2D eigenvalue weighted by atomic mass is 9.94. The van der Waals surface area contributed by atoms with E-state index in [4.69, 9.17) is 9.15 Å². The molecule has 4 rings (SSSR count). The Balaban J connectivity index is 1.34. The lowest BCUT2D eigenvalue weighted by molar-refractivity contribution is 0.0943. The van der Waals surface area contributed by atoms with E-state index in [1.54, 1.807) is 48.7 Å². The number of rotatable bonds is 7. The fourth-order valence-electron chi connectivity index (χ4n) is 3.64. The Morgan fingerprint density at radius 1 is 1.26 bits per heavy atom. The Hall–Kier alpha value is -3.11. The number of hydrogen-bond acceptors (Lipinski definition) is 6. The third-order valence-electron chi connectivity index (χ3n) is 5.42. The summed E-state index contributed by atoms with van der Waals surface area (Å²) in [6.07, 6.45) is 2.84. The van der Waals surface area contributed by atoms with Crippen LogP contribution in [0.4, 0.5) is 0 Å². The van der Waals surface area contributed by atoms with E-state index in [-0.39, 0.29) is 23.3 Å². The normalized spacial score (nSPS) is 15.6. The van der Waals surface area contributed by atoms with Crippen LogP contribution >= 0.6 is 0 Å². The first-order chi connectivity index (χ1) is 15.0. The van der Waals surface area contributed by atoms with Crippen LogP contribution in [0.3, 0.4) is 0 Å². The van der Waals surface area contributed by atoms with Gasteiger partial charge >= 0.3 is 0 Å². The van der Waals surface area contributed by atoms with E-state index in [1.807, 2.05) is 0 Å². The minimum Gasteiger partial charge on any atom is -0.497 e. The maximum atomic E-state index is 12.9. The Kier molecular flexibility index (Phi) is 6.10. The fourth-order valence-corrected chi connectivity index (χ4v) is 5.11. The van der Waals surface area contributed by atoms with Crippen LogP contribution in [0, 0.1) is 0 Å². The number of carbonyl (C=O) groups excluding carboxylic acids is 1. The third kappa shape index (κ3) is 4.64. The zero-order valence-electron chi connectivity index (χ0n) is 17.1. The molecule has 0 aliphatic carbocycles. The molecular formula is C21H24N4O5S. The predicted molar refractivity (Wildman–Crippen MR) is 112 cm³/mol. The summed E-state index contributed by atoms with van der Waals surface area (Å²) in [5.74, 6) is 1.09. The maximum absolute atomic E-state index is 12.9. The number of benzene rings is 1. The number of nitrogens with one attached hydrogen (secondary N) is 2. The molecule has 10 heteroatoms. The lowest BCUT2D eigenvalue weighted by Crippen LogP contribution is -2.37. The minimum atomic E-state index is -3.55. The standard InChI is InChI=1S/C21H24N4O5S/c1-29-16-4-6-18(7-5-16)31(27,28)25-10-8-15(9-11-25)19-13-20(24-23-19)21(26)22-14-17-3-2-12-30-17/h2-7,12-13,15H,8-11,14H2,1H3,(H,22,26)(H,23,24). The first-order valence-corrected chi connectivity index (χ1v) is 11.4. The van der Waals surface area contributed by atoms with Crippen molar-refractivity contribution in [2.75, 3.05) is 20.2 Å². The Morgan fingerprint density at radius 3 is 2.65 bits per heavy atom. The molecule has 0 saturated carbocycles. The van der Waals surface area contributed by atoms with Crippen LogP contribution < -0.4 is 10.1 Å². The molecule has 1 aliphatic rings. The minimum absolute atomic E-state index is 0.112. The molecule has 31 heavy (non-hydrogen) atoms. The number of H-pyrrole nitrogens is 1. The van der Waals surface area contributed by atoms with Crippen molar-refractivity contribution in [2.45, 2.75) is 30.2 Å². The van der Waals surface area contributed by atoms with E-state index in [1.165, 1.54) is 11.4 Å². The number of sulfonamides is 1. The van der Waals surface area contributed by atoms with Gasteiger partial charge in [0.2, 0.25) is 10.0 Å². The van der Waals surface area contributed by atoms with Crippen LogP contribution in [-0.4, -0.2) is 49.0 Å². The van der Waals surface area contributed by atoms with Gasteiger partial charge in [-0.1, -0.05) is 0 Å². The van der Waals surface area contributed by atoms with Crippen molar-refractivity contribution in [2.24, 2.45) is 0 Å². The van der Waals surface area contributed by atoms with E-state index < -0.39 is 10.0 Å². The number of aromatic amines is 1. The van der Waals surface area contributed by atoms with E-state index in [9.17, 15) is 13.2 Å². The molecule has 2 N–H and O–H groups in total. The van der Waals surface area contributed by atoms with E-state index in [2.05, 4.69) is 15.5 Å². The monoisotopic (exact) mass is 444 g/mol. The second-order valence-electron chi connectivity index (χ2n) is 7.32. The second kappa shape index (κ2) is 8.94. The molecule has 9 nitrogen and oxygen atoms in total. The highest BCUT2D eigenvalue weighted by atomic mass is 32.2. The Labute approximate surface area is 180 Å². The fraction of sp³-hybridized carbons (Fsp3) is 0.333. The molecule has 0 unspecified atom stereocenters. The molecule has 3 aromatic rings. The van der Waals surface area contributed by atoms with Gasteiger partial charge in [0, 0.05) is 24.7 Å². The van der Waals surface area contributed by atoms with Crippen molar-refractivity contribution in [1.29, 1.82) is 0 Å². The summed E-state index contributed by atoms with van der Waals surface area (Å²) in [5, 5.41) is 9.80. The van der Waals surface area contributed by atoms with Gasteiger partial charge in [0.25, 0.3) is 5.91 Å². The van der Waals surface area contributed by atoms with Crippen molar-refractivity contribution in [1.82, 2.24) is 19.8 Å². The molecule has 0 radical (unpaired) electrons. The molecule has 1 aromatic carbocycles. The highest BCUT2D eigenvalue weighted by Gasteiger charge is 2.31. The molecule has 0 spiro atoms. The molecule has 1 amide bonds. The zero-order chi connectivity index (χ0) is 21.8. The summed E-state index contributed by atoms with van der Waals surface area (Å²) in [6, 6.07) is 11.7. The number of amides is 1. The molecule has 1 fully saturated rings. The van der Waals surface area contributed by atoms with Gasteiger partial charge < -0.3 is 14.5 Å². The zero-order valence-corrected chi connectivity index (χ0v) is 17.9. The highest BCUT2D eigenvalue weighted by Crippen LogP contribution is 2.30. The van der Waals surface area contributed by atoms with Crippen molar-refractivity contribution < 1.29 is 22.4 Å². The maximum Gasteiger partial charge on any atom is 0.272 e. The highest BCUT2D eigenvalue weighted by molar-refractivity contribution is 7.89. The molecule has 0 atom stereocenters. The smallest absolute Gasteiger partial charge is 0.272 e. The summed E-state index contributed by atoms with van der Waals surface area (Å²) in [5.41, 5.74) is 1.14. The number of methoxy groups -OCH3 is 1. The lowest BCUT2D eigenvalue weighted by Gasteiger charge is -2.30. The summed E-state index contributed by atoms with van der Waals surface area (Å²) in [4.78, 5) is 12.5. The van der Waals surface area contributed by atoms with Gasteiger partial charge in [-0.3, -0.25) is 9.89 Å². The van der Waals surface area contributed by atoms with Gasteiger partial charge in [-0.05, 0) is 55.3 Å². The van der Waals surface area contributed by atoms with Crippen molar-refractivity contribution in [3.8, 4) is 5.75 Å². The van der Waals surface area contributed by atoms with Crippen molar-refractivity contribution in [3.63, 3.8) is 0 Å². The van der Waals surface area contributed by atoms with Crippen LogP contribution in [0.15, 0.2) is 58.0 Å². The number of hydrogen-bond donors (Lipinski definition) is 2. The van der Waals surface area contributed by atoms with Crippen molar-refractivity contribution >= 4 is 15.9 Å². The number of carbonyl (C=O) groups is 1. The van der Waals surface area contributed by atoms with Crippen molar-refractivity contribution in [3.05, 3.63) is 65.9 Å². The number of ether oxygens (including phenoxy) is 1. The summed E-state index contributed by atoms with van der Waals surface area (Å²) in [7, 11) is -2.01. The quantitative estimate of drug-likeness (QED) is 0.578. The molecule has 1 saturated heterocycles. The number of piperidine rings is 1. The summed E-state index contributed by atoms with van der Waals surface area (Å²) >= 11 is 0. The average Bonchev–Trinajstić information content (AvgIpc) is 3.50. The van der Waals surface area contributed by atoms with E-state index in [0.29, 0.717) is 43.1 Å². The molecule has 0 bridgehead atoms. The van der Waals surface area contributed by atoms with Crippen LogP contribution in [-0.2, 0) is 16.6 Å². The van der Waals surface area contributed by atoms with E-state index >= 15 is 0 Å². The summed E-state index contributed by atoms with van der Waals surface area (Å²) in [6.45, 7) is 1.09. The number of aromatic nitrogens is 2. The number of nitrogens with zero attached hydrogens (tertiary/aromatic N) is 2. The molecular weight excluding hydrogens is 420 g/mol. The van der Waals surface area contributed by atoms with Gasteiger partial charge in [-0.15, -0.1) is 0 Å². The molecule has 3 heterocycles. The first kappa shape index (κ1) is 21.1. The van der Waals surface area contributed by atoms with Crippen LogP contribution in [0.5, 0.6) is 5.75 Å². The number of furan rings is 1. The van der Waals surface area contributed by atoms with Crippen LogP contribution in [0.1, 0.15) is 40.7 Å². The van der Waals surface area contributed by atoms with Gasteiger partial charge in [0.15, 0.2) is 0 Å². The summed E-state index contributed by atoms with van der Waals surface area (Å²) < 4.78 is 37.6. The first-order valence-electron chi connectivity index (χ1n) is 9.97.